The molecule has 15 nitrogen and oxygen atoms in total. The molecule has 0 unspecified atom stereocenters. The molecule has 0 fully saturated rings. The quantitative estimate of drug-likeness (QED) is 0.0419. The molecule has 63 heavy (non-hydrogen) atoms. The molecule has 3 aromatic carbocycles. The summed E-state index contributed by atoms with van der Waals surface area (Å²) in [5.74, 6) is -0.254. The van der Waals surface area contributed by atoms with Crippen LogP contribution in [0.5, 0.6) is 0 Å². The molecule has 0 aromatic heterocycles. The molecule has 0 amide bonds. The van der Waals surface area contributed by atoms with E-state index >= 15 is 0 Å². The van der Waals surface area contributed by atoms with E-state index < -0.39 is 5.60 Å². The van der Waals surface area contributed by atoms with Gasteiger partial charge in [-0.05, 0) is 23.6 Å². The summed E-state index contributed by atoms with van der Waals surface area (Å²) >= 11 is 0. The molecule has 0 aliphatic carbocycles. The standard InChI is InChI=1S/C48H72O15/c1-2-62-47(49)18-19-50-20-21-51-22-23-52-24-25-53-26-27-54-28-29-55-30-31-56-32-33-57-34-35-58-36-37-59-38-39-60-40-41-61-42-43-63-48(44-12-6-3-7-13-44,45-14-8-4-9-15-45)46-16-10-5-11-17-46/h3-17H,2,18-43H2,1H3. The highest BCUT2D eigenvalue weighted by Crippen LogP contribution is 2.40. The van der Waals surface area contributed by atoms with Crippen molar-refractivity contribution in [3.63, 3.8) is 0 Å². The van der Waals surface area contributed by atoms with Gasteiger partial charge in [-0.25, -0.2) is 0 Å². The first-order valence-corrected chi connectivity index (χ1v) is 22.2. The fourth-order valence-electron chi connectivity index (χ4n) is 5.93. The Bertz CT molecular complexity index is 1340. The van der Waals surface area contributed by atoms with Crippen molar-refractivity contribution in [3.05, 3.63) is 108 Å². The molecule has 3 rings (SSSR count). The summed E-state index contributed by atoms with van der Waals surface area (Å²) in [5.41, 5.74) is 2.43. The van der Waals surface area contributed by atoms with Gasteiger partial charge in [-0.15, -0.1) is 0 Å². The van der Waals surface area contributed by atoms with Crippen LogP contribution in [0.25, 0.3) is 0 Å². The Labute approximate surface area is 374 Å². The van der Waals surface area contributed by atoms with Crippen LogP contribution in [-0.2, 0) is 76.7 Å². The number of benzene rings is 3. The number of esters is 1. The van der Waals surface area contributed by atoms with Gasteiger partial charge in [-0.3, -0.25) is 4.79 Å². The van der Waals surface area contributed by atoms with Crippen molar-refractivity contribution >= 4 is 5.97 Å². The molecular weight excluding hydrogens is 817 g/mol. The Kier molecular flexibility index (Phi) is 33.4. The first-order chi connectivity index (χ1) is 31.3. The third-order valence-corrected chi connectivity index (χ3v) is 8.94. The molecule has 0 radical (unpaired) electrons. The first-order valence-electron chi connectivity index (χ1n) is 22.2. The van der Waals surface area contributed by atoms with Gasteiger partial charge in [0.05, 0.1) is 178 Å². The molecule has 0 bridgehead atoms. The second-order valence-corrected chi connectivity index (χ2v) is 13.5. The molecule has 0 spiro atoms. The molecule has 354 valence electrons. The van der Waals surface area contributed by atoms with Crippen LogP contribution in [0, 0.1) is 0 Å². The number of hydrogen-bond donors (Lipinski definition) is 0. The third kappa shape index (κ3) is 26.2. The number of rotatable bonds is 44. The molecule has 0 heterocycles. The van der Waals surface area contributed by atoms with E-state index in [-0.39, 0.29) is 12.4 Å². The second-order valence-electron chi connectivity index (χ2n) is 13.5. The Morgan fingerprint density at radius 1 is 0.333 bits per heavy atom. The Morgan fingerprint density at radius 3 is 0.794 bits per heavy atom. The van der Waals surface area contributed by atoms with Gasteiger partial charge < -0.3 is 66.3 Å². The van der Waals surface area contributed by atoms with Crippen LogP contribution in [0.15, 0.2) is 91.0 Å². The lowest BCUT2D eigenvalue weighted by atomic mass is 9.80. The van der Waals surface area contributed by atoms with Crippen molar-refractivity contribution in [1.29, 1.82) is 0 Å². The molecule has 0 aliphatic heterocycles. The van der Waals surface area contributed by atoms with E-state index in [1.54, 1.807) is 6.92 Å². The van der Waals surface area contributed by atoms with Crippen LogP contribution >= 0.6 is 0 Å². The monoisotopic (exact) mass is 888 g/mol. The lowest BCUT2D eigenvalue weighted by Gasteiger charge is -2.36. The number of ether oxygens (including phenoxy) is 14. The van der Waals surface area contributed by atoms with Gasteiger partial charge in [0.15, 0.2) is 0 Å². The van der Waals surface area contributed by atoms with Crippen LogP contribution in [0.1, 0.15) is 30.0 Å². The molecule has 0 aliphatic rings. The van der Waals surface area contributed by atoms with Gasteiger partial charge in [0.25, 0.3) is 0 Å². The van der Waals surface area contributed by atoms with E-state index in [1.807, 2.05) is 54.6 Å². The van der Waals surface area contributed by atoms with E-state index in [0.29, 0.717) is 172 Å². The van der Waals surface area contributed by atoms with Crippen molar-refractivity contribution < 1.29 is 71.1 Å². The van der Waals surface area contributed by atoms with Crippen LogP contribution in [0.3, 0.4) is 0 Å². The minimum absolute atomic E-state index is 0.252. The maximum atomic E-state index is 11.2. The van der Waals surface area contributed by atoms with E-state index in [0.717, 1.165) is 16.7 Å². The number of carbonyl (C=O) groups is 1. The summed E-state index contributed by atoms with van der Waals surface area (Å²) in [6.45, 7) is 13.9. The Morgan fingerprint density at radius 2 is 0.556 bits per heavy atom. The Hall–Kier alpha value is -3.39. The lowest BCUT2D eigenvalue weighted by molar-refractivity contribution is -0.144. The van der Waals surface area contributed by atoms with E-state index in [2.05, 4.69) is 36.4 Å². The summed E-state index contributed by atoms with van der Waals surface area (Å²) in [4.78, 5) is 11.2. The maximum Gasteiger partial charge on any atom is 0.308 e. The van der Waals surface area contributed by atoms with E-state index in [1.165, 1.54) is 0 Å². The molecular formula is C48H72O15. The van der Waals surface area contributed by atoms with Gasteiger partial charge in [-0.1, -0.05) is 91.0 Å². The zero-order valence-electron chi connectivity index (χ0n) is 37.4. The van der Waals surface area contributed by atoms with Crippen LogP contribution < -0.4 is 0 Å². The third-order valence-electron chi connectivity index (χ3n) is 8.94. The number of carbonyl (C=O) groups excluding carboxylic acids is 1. The highest BCUT2D eigenvalue weighted by Gasteiger charge is 2.37. The average molecular weight is 889 g/mol. The predicted molar refractivity (Wildman–Crippen MR) is 236 cm³/mol. The lowest BCUT2D eigenvalue weighted by Crippen LogP contribution is -2.34. The Balaban J connectivity index is 0.993. The van der Waals surface area contributed by atoms with Crippen molar-refractivity contribution in [3.8, 4) is 0 Å². The van der Waals surface area contributed by atoms with E-state index in [9.17, 15) is 4.79 Å². The largest absolute Gasteiger partial charge is 0.466 e. The molecule has 15 heteroatoms. The number of hydrogen-bond acceptors (Lipinski definition) is 15. The average Bonchev–Trinajstić information content (AvgIpc) is 3.32. The fourth-order valence-corrected chi connectivity index (χ4v) is 5.93. The summed E-state index contributed by atoms with van der Waals surface area (Å²) < 4.78 is 78.0. The molecule has 3 aromatic rings. The van der Waals surface area contributed by atoms with Gasteiger partial charge in [0.1, 0.15) is 5.60 Å². The van der Waals surface area contributed by atoms with Crippen LogP contribution in [-0.4, -0.2) is 178 Å². The fraction of sp³-hybridized carbons (Fsp3) is 0.604. The smallest absolute Gasteiger partial charge is 0.308 e. The summed E-state index contributed by atoms with van der Waals surface area (Å²) in [7, 11) is 0. The zero-order chi connectivity index (χ0) is 44.4. The van der Waals surface area contributed by atoms with Crippen LogP contribution in [0.4, 0.5) is 0 Å². The van der Waals surface area contributed by atoms with E-state index in [4.69, 9.17) is 66.3 Å². The minimum atomic E-state index is -0.758. The van der Waals surface area contributed by atoms with Crippen LogP contribution in [0.2, 0.25) is 0 Å². The first kappa shape index (κ1) is 53.9. The second kappa shape index (κ2) is 39.0. The normalized spacial score (nSPS) is 11.6. The molecule has 0 saturated carbocycles. The SMILES string of the molecule is CCOC(=O)CCOCCOCCOCCOCCOCCOCCOCCOCCOCCOCCOCCOCCOC(c1ccccc1)(c1ccccc1)c1ccccc1. The van der Waals surface area contributed by atoms with Gasteiger partial charge in [0, 0.05) is 0 Å². The summed E-state index contributed by atoms with van der Waals surface area (Å²) in [6, 6.07) is 31.0. The summed E-state index contributed by atoms with van der Waals surface area (Å²) in [6.07, 6.45) is 0.252. The zero-order valence-corrected chi connectivity index (χ0v) is 37.4. The van der Waals surface area contributed by atoms with Gasteiger partial charge >= 0.3 is 5.97 Å². The van der Waals surface area contributed by atoms with Gasteiger partial charge in [0.2, 0.25) is 0 Å². The van der Waals surface area contributed by atoms with Crippen molar-refractivity contribution in [2.45, 2.75) is 18.9 Å². The molecule has 0 N–H and O–H groups in total. The highest BCUT2D eigenvalue weighted by molar-refractivity contribution is 5.69. The molecule has 0 atom stereocenters. The van der Waals surface area contributed by atoms with Gasteiger partial charge in [-0.2, -0.15) is 0 Å². The maximum absolute atomic E-state index is 11.2. The van der Waals surface area contributed by atoms with Crippen molar-refractivity contribution in [1.82, 2.24) is 0 Å². The van der Waals surface area contributed by atoms with Crippen molar-refractivity contribution in [2.75, 3.05) is 172 Å². The minimum Gasteiger partial charge on any atom is -0.466 e. The topological polar surface area (TPSA) is 146 Å². The summed E-state index contributed by atoms with van der Waals surface area (Å²) in [5, 5.41) is 0. The molecule has 0 saturated heterocycles. The predicted octanol–water partition coefficient (Wildman–Crippen LogP) is 5.15. The highest BCUT2D eigenvalue weighted by atomic mass is 16.6. The van der Waals surface area contributed by atoms with Crippen molar-refractivity contribution in [2.24, 2.45) is 0 Å².